The Kier molecular flexibility index (Phi) is 3.15. The largest absolute Gasteiger partial charge is 0.378 e. The van der Waals surface area contributed by atoms with Crippen LogP contribution in [0.25, 0.3) is 0 Å². The SMILES string of the molecule is Clc1ccccc1NCc1ccncn1. The standard InChI is InChI=1S/C11H10ClN3/c12-10-3-1-2-4-11(10)14-7-9-5-6-13-8-15-9/h1-6,8,14H,7H2. The summed E-state index contributed by atoms with van der Waals surface area (Å²) >= 11 is 6.00. The third-order valence-corrected chi connectivity index (χ3v) is 2.31. The van der Waals surface area contributed by atoms with Gasteiger partial charge in [0.1, 0.15) is 6.33 Å². The number of benzene rings is 1. The van der Waals surface area contributed by atoms with Crippen LogP contribution in [-0.4, -0.2) is 9.97 Å². The minimum absolute atomic E-state index is 0.645. The highest BCUT2D eigenvalue weighted by Gasteiger charge is 1.98. The number of para-hydroxylation sites is 1. The fourth-order valence-corrected chi connectivity index (χ4v) is 1.42. The van der Waals surface area contributed by atoms with Gasteiger partial charge in [-0.1, -0.05) is 23.7 Å². The number of nitrogens with one attached hydrogen (secondary N) is 1. The maximum absolute atomic E-state index is 6.00. The first-order valence-electron chi connectivity index (χ1n) is 4.59. The van der Waals surface area contributed by atoms with Crippen LogP contribution in [0.3, 0.4) is 0 Å². The highest BCUT2D eigenvalue weighted by atomic mass is 35.5. The van der Waals surface area contributed by atoms with Crippen molar-refractivity contribution in [2.45, 2.75) is 6.54 Å². The highest BCUT2D eigenvalue weighted by Crippen LogP contribution is 2.20. The molecule has 3 nitrogen and oxygen atoms in total. The van der Waals surface area contributed by atoms with Crippen molar-refractivity contribution in [1.29, 1.82) is 0 Å². The number of nitrogens with zero attached hydrogens (tertiary/aromatic N) is 2. The van der Waals surface area contributed by atoms with Gasteiger partial charge in [0, 0.05) is 6.20 Å². The Hall–Kier alpha value is -1.61. The van der Waals surface area contributed by atoms with Gasteiger partial charge in [0.05, 0.1) is 22.9 Å². The molecular weight excluding hydrogens is 210 g/mol. The minimum atomic E-state index is 0.645. The lowest BCUT2D eigenvalue weighted by molar-refractivity contribution is 1.01. The molecule has 0 unspecified atom stereocenters. The van der Waals surface area contributed by atoms with Crippen LogP contribution in [-0.2, 0) is 6.54 Å². The quantitative estimate of drug-likeness (QED) is 0.863. The number of hydrogen-bond acceptors (Lipinski definition) is 3. The number of aromatic nitrogens is 2. The van der Waals surface area contributed by atoms with Gasteiger partial charge in [-0.25, -0.2) is 9.97 Å². The Balaban J connectivity index is 2.03. The van der Waals surface area contributed by atoms with Crippen LogP contribution in [0.15, 0.2) is 42.9 Å². The molecule has 1 aromatic carbocycles. The van der Waals surface area contributed by atoms with Crippen molar-refractivity contribution in [2.75, 3.05) is 5.32 Å². The van der Waals surface area contributed by atoms with E-state index in [9.17, 15) is 0 Å². The first-order valence-corrected chi connectivity index (χ1v) is 4.97. The molecule has 0 aliphatic heterocycles. The predicted octanol–water partition coefficient (Wildman–Crippen LogP) is 2.74. The van der Waals surface area contributed by atoms with Crippen molar-refractivity contribution in [3.8, 4) is 0 Å². The van der Waals surface area contributed by atoms with Gasteiger partial charge in [-0.3, -0.25) is 0 Å². The van der Waals surface area contributed by atoms with Crippen LogP contribution >= 0.6 is 11.6 Å². The van der Waals surface area contributed by atoms with Crippen LogP contribution in [0.4, 0.5) is 5.69 Å². The average molecular weight is 220 g/mol. The van der Waals surface area contributed by atoms with Crippen molar-refractivity contribution in [3.63, 3.8) is 0 Å². The molecule has 76 valence electrons. The summed E-state index contributed by atoms with van der Waals surface area (Å²) in [5.41, 5.74) is 1.85. The van der Waals surface area contributed by atoms with E-state index in [1.54, 1.807) is 6.20 Å². The lowest BCUT2D eigenvalue weighted by Crippen LogP contribution is -2.01. The molecule has 0 saturated heterocycles. The van der Waals surface area contributed by atoms with Gasteiger partial charge in [-0.2, -0.15) is 0 Å². The third kappa shape index (κ3) is 2.67. The van der Waals surface area contributed by atoms with E-state index in [1.165, 1.54) is 6.33 Å². The van der Waals surface area contributed by atoms with Crippen LogP contribution in [0, 0.1) is 0 Å². The normalized spacial score (nSPS) is 9.93. The topological polar surface area (TPSA) is 37.8 Å². The summed E-state index contributed by atoms with van der Waals surface area (Å²) in [6.07, 6.45) is 3.25. The Bertz CT molecular complexity index is 431. The molecule has 1 aromatic heterocycles. The molecule has 0 fully saturated rings. The number of hydrogen-bond donors (Lipinski definition) is 1. The first-order chi connectivity index (χ1) is 7.36. The van der Waals surface area contributed by atoms with E-state index in [-0.39, 0.29) is 0 Å². The van der Waals surface area contributed by atoms with E-state index < -0.39 is 0 Å². The van der Waals surface area contributed by atoms with Crippen LogP contribution in [0.1, 0.15) is 5.69 Å². The van der Waals surface area contributed by atoms with Crippen molar-refractivity contribution >= 4 is 17.3 Å². The molecular formula is C11H10ClN3. The summed E-state index contributed by atoms with van der Waals surface area (Å²) < 4.78 is 0. The zero-order valence-corrected chi connectivity index (χ0v) is 8.78. The lowest BCUT2D eigenvalue weighted by Gasteiger charge is -2.06. The molecule has 2 rings (SSSR count). The van der Waals surface area contributed by atoms with Gasteiger partial charge in [-0.15, -0.1) is 0 Å². The maximum atomic E-state index is 6.00. The molecule has 0 aliphatic carbocycles. The van der Waals surface area contributed by atoms with Gasteiger partial charge >= 0.3 is 0 Å². The molecule has 2 aromatic rings. The Morgan fingerprint density at radius 3 is 2.80 bits per heavy atom. The zero-order chi connectivity index (χ0) is 10.5. The smallest absolute Gasteiger partial charge is 0.115 e. The van der Waals surface area contributed by atoms with Gasteiger partial charge in [-0.05, 0) is 18.2 Å². The molecule has 0 amide bonds. The number of anilines is 1. The average Bonchev–Trinajstić information content (AvgIpc) is 2.29. The fraction of sp³-hybridized carbons (Fsp3) is 0.0909. The van der Waals surface area contributed by atoms with Crippen LogP contribution in [0.2, 0.25) is 5.02 Å². The van der Waals surface area contributed by atoms with E-state index in [4.69, 9.17) is 11.6 Å². The summed E-state index contributed by atoms with van der Waals surface area (Å²) in [6, 6.07) is 9.49. The molecule has 1 heterocycles. The van der Waals surface area contributed by atoms with E-state index in [0.29, 0.717) is 11.6 Å². The van der Waals surface area contributed by atoms with Crippen molar-refractivity contribution in [1.82, 2.24) is 9.97 Å². The molecule has 0 atom stereocenters. The highest BCUT2D eigenvalue weighted by molar-refractivity contribution is 6.33. The second kappa shape index (κ2) is 4.75. The summed E-state index contributed by atoms with van der Waals surface area (Å²) in [5.74, 6) is 0. The van der Waals surface area contributed by atoms with Crippen LogP contribution < -0.4 is 5.32 Å². The monoisotopic (exact) mass is 219 g/mol. The van der Waals surface area contributed by atoms with Crippen molar-refractivity contribution < 1.29 is 0 Å². The van der Waals surface area contributed by atoms with Gasteiger partial charge in [0.15, 0.2) is 0 Å². The Morgan fingerprint density at radius 1 is 1.20 bits per heavy atom. The summed E-state index contributed by atoms with van der Waals surface area (Å²) in [5, 5.41) is 3.92. The van der Waals surface area contributed by atoms with E-state index in [1.807, 2.05) is 30.3 Å². The maximum Gasteiger partial charge on any atom is 0.115 e. The molecule has 4 heteroatoms. The number of rotatable bonds is 3. The third-order valence-electron chi connectivity index (χ3n) is 1.98. The number of halogens is 1. The molecule has 0 radical (unpaired) electrons. The molecule has 0 aliphatic rings. The van der Waals surface area contributed by atoms with Crippen molar-refractivity contribution in [2.24, 2.45) is 0 Å². The summed E-state index contributed by atoms with van der Waals surface area (Å²) in [4.78, 5) is 7.96. The first kappa shape index (κ1) is 9.93. The summed E-state index contributed by atoms with van der Waals surface area (Å²) in [7, 11) is 0. The second-order valence-corrected chi connectivity index (χ2v) is 3.44. The van der Waals surface area contributed by atoms with E-state index >= 15 is 0 Å². The Morgan fingerprint density at radius 2 is 2.07 bits per heavy atom. The minimum Gasteiger partial charge on any atom is -0.378 e. The molecule has 0 spiro atoms. The molecule has 1 N–H and O–H groups in total. The molecule has 0 saturated carbocycles. The molecule has 15 heavy (non-hydrogen) atoms. The van der Waals surface area contributed by atoms with Crippen molar-refractivity contribution in [3.05, 3.63) is 53.6 Å². The van der Waals surface area contributed by atoms with Gasteiger partial charge < -0.3 is 5.32 Å². The molecule has 0 bridgehead atoms. The second-order valence-electron chi connectivity index (χ2n) is 3.03. The van der Waals surface area contributed by atoms with Gasteiger partial charge in [0.2, 0.25) is 0 Å². The lowest BCUT2D eigenvalue weighted by atomic mass is 10.3. The summed E-state index contributed by atoms with van der Waals surface area (Å²) in [6.45, 7) is 0.645. The van der Waals surface area contributed by atoms with Crippen LogP contribution in [0.5, 0.6) is 0 Å². The predicted molar refractivity (Wildman–Crippen MR) is 60.8 cm³/mol. The Labute approximate surface area is 93.1 Å². The van der Waals surface area contributed by atoms with E-state index in [2.05, 4.69) is 15.3 Å². The fourth-order valence-electron chi connectivity index (χ4n) is 1.21. The van der Waals surface area contributed by atoms with Gasteiger partial charge in [0.25, 0.3) is 0 Å². The van der Waals surface area contributed by atoms with E-state index in [0.717, 1.165) is 11.4 Å². The zero-order valence-electron chi connectivity index (χ0n) is 8.02.